The Morgan fingerprint density at radius 3 is 2.55 bits per heavy atom. The van der Waals surface area contributed by atoms with Crippen molar-refractivity contribution in [1.29, 1.82) is 0 Å². The fraction of sp³-hybridized carbons (Fsp3) is 0.440. The number of dihydropyridines is 1. The van der Waals surface area contributed by atoms with Crippen molar-refractivity contribution in [1.82, 2.24) is 20.0 Å². The highest BCUT2D eigenvalue weighted by molar-refractivity contribution is 5.91. The van der Waals surface area contributed by atoms with Gasteiger partial charge >= 0.3 is 6.03 Å². The number of nitrogens with one attached hydrogen (secondary N) is 2. The highest BCUT2D eigenvalue weighted by Crippen LogP contribution is 2.29. The first-order chi connectivity index (χ1) is 16.2. The van der Waals surface area contributed by atoms with Crippen LogP contribution in [0.4, 0.5) is 10.5 Å². The Morgan fingerprint density at radius 2 is 1.82 bits per heavy atom. The second-order valence-electron chi connectivity index (χ2n) is 8.98. The van der Waals surface area contributed by atoms with Crippen LogP contribution in [0.2, 0.25) is 0 Å². The average Bonchev–Trinajstić information content (AvgIpc) is 3.30. The van der Waals surface area contributed by atoms with E-state index in [1.165, 1.54) is 5.56 Å². The van der Waals surface area contributed by atoms with E-state index in [1.807, 2.05) is 41.7 Å². The summed E-state index contributed by atoms with van der Waals surface area (Å²) in [6, 6.07) is 8.01. The fourth-order valence-electron chi connectivity index (χ4n) is 4.81. The van der Waals surface area contributed by atoms with Gasteiger partial charge in [0.05, 0.1) is 26.3 Å². The summed E-state index contributed by atoms with van der Waals surface area (Å²) in [7, 11) is 0. The molecule has 2 N–H and O–H groups in total. The molecule has 174 valence electrons. The summed E-state index contributed by atoms with van der Waals surface area (Å²) >= 11 is 0. The average molecular weight is 450 g/mol. The molecule has 8 nitrogen and oxygen atoms in total. The van der Waals surface area contributed by atoms with Gasteiger partial charge in [-0.1, -0.05) is 12.1 Å². The molecule has 8 heteroatoms. The normalized spacial score (nSPS) is 21.2. The highest BCUT2D eigenvalue weighted by atomic mass is 16.5. The minimum Gasteiger partial charge on any atom is -0.379 e. The van der Waals surface area contributed by atoms with E-state index in [2.05, 4.69) is 27.7 Å². The Bertz CT molecular complexity index is 970. The molecule has 1 aromatic rings. The van der Waals surface area contributed by atoms with Crippen molar-refractivity contribution >= 4 is 17.6 Å². The van der Waals surface area contributed by atoms with E-state index in [4.69, 9.17) is 4.74 Å². The van der Waals surface area contributed by atoms with Crippen LogP contribution in [0.25, 0.3) is 0 Å². The lowest BCUT2D eigenvalue weighted by Gasteiger charge is -2.34. The van der Waals surface area contributed by atoms with E-state index in [1.54, 1.807) is 4.90 Å². The number of rotatable bonds is 4. The molecule has 0 radical (unpaired) electrons. The first-order valence-electron chi connectivity index (χ1n) is 11.7. The van der Waals surface area contributed by atoms with Crippen LogP contribution in [0, 0.1) is 0 Å². The SMILES string of the molecule is O=C(Nc1ccc(C2CCN(C(=O)CN3CCOCC3)CC2)cc1)N1C=C2C=CNC=C2C1. The molecule has 1 aromatic carbocycles. The van der Waals surface area contributed by atoms with Gasteiger partial charge in [0.15, 0.2) is 0 Å². The van der Waals surface area contributed by atoms with E-state index >= 15 is 0 Å². The third kappa shape index (κ3) is 5.12. The minimum atomic E-state index is -0.133. The van der Waals surface area contributed by atoms with Crippen LogP contribution in [-0.2, 0) is 9.53 Å². The zero-order valence-electron chi connectivity index (χ0n) is 18.8. The standard InChI is InChI=1S/C25H31N5O3/c31-24(18-28-11-13-33-14-12-28)29-9-6-20(7-10-29)19-1-3-23(4-2-19)27-25(32)30-16-21-5-8-26-15-22(21)17-30/h1-5,8,15-16,20,26H,6-7,9-14,17-18H2,(H,27,32). The predicted molar refractivity (Wildman–Crippen MR) is 126 cm³/mol. The van der Waals surface area contributed by atoms with Crippen molar-refractivity contribution in [3.05, 3.63) is 65.7 Å². The van der Waals surface area contributed by atoms with Gasteiger partial charge in [-0.2, -0.15) is 0 Å². The van der Waals surface area contributed by atoms with Crippen molar-refractivity contribution in [2.75, 3.05) is 57.8 Å². The number of morpholine rings is 1. The van der Waals surface area contributed by atoms with Gasteiger partial charge in [0, 0.05) is 50.5 Å². The molecule has 2 fully saturated rings. The molecule has 0 aromatic heterocycles. The van der Waals surface area contributed by atoms with Crippen molar-refractivity contribution < 1.29 is 14.3 Å². The second-order valence-corrected chi connectivity index (χ2v) is 8.98. The molecule has 4 heterocycles. The summed E-state index contributed by atoms with van der Waals surface area (Å²) < 4.78 is 5.36. The molecule has 0 unspecified atom stereocenters. The molecule has 3 amide bonds. The zero-order valence-corrected chi connectivity index (χ0v) is 18.8. The topological polar surface area (TPSA) is 77.2 Å². The molecule has 33 heavy (non-hydrogen) atoms. The number of amides is 3. The van der Waals surface area contributed by atoms with Crippen LogP contribution in [0.1, 0.15) is 24.3 Å². The Kier molecular flexibility index (Phi) is 6.46. The number of benzene rings is 1. The predicted octanol–water partition coefficient (Wildman–Crippen LogP) is 2.46. The molecular weight excluding hydrogens is 418 g/mol. The zero-order chi connectivity index (χ0) is 22.6. The first-order valence-corrected chi connectivity index (χ1v) is 11.7. The summed E-state index contributed by atoms with van der Waals surface area (Å²) in [5.74, 6) is 0.673. The summed E-state index contributed by atoms with van der Waals surface area (Å²) in [5.41, 5.74) is 4.23. The highest BCUT2D eigenvalue weighted by Gasteiger charge is 2.26. The number of likely N-dealkylation sites (tertiary alicyclic amines) is 1. The van der Waals surface area contributed by atoms with Gasteiger partial charge in [-0.3, -0.25) is 14.6 Å². The van der Waals surface area contributed by atoms with Gasteiger partial charge in [0.25, 0.3) is 0 Å². The number of nitrogens with zero attached hydrogens (tertiary/aromatic N) is 3. The number of piperidine rings is 1. The molecule has 0 saturated carbocycles. The largest absolute Gasteiger partial charge is 0.379 e. The number of hydrogen-bond acceptors (Lipinski definition) is 5. The van der Waals surface area contributed by atoms with E-state index < -0.39 is 0 Å². The van der Waals surface area contributed by atoms with Crippen molar-refractivity contribution in [3.8, 4) is 0 Å². The molecule has 4 aliphatic rings. The summed E-state index contributed by atoms with van der Waals surface area (Å²) in [6.45, 7) is 5.78. The van der Waals surface area contributed by atoms with Crippen LogP contribution >= 0.6 is 0 Å². The molecule has 0 bridgehead atoms. The lowest BCUT2D eigenvalue weighted by atomic mass is 9.89. The molecule has 0 spiro atoms. The van der Waals surface area contributed by atoms with Crippen LogP contribution in [-0.4, -0.2) is 79.1 Å². The number of allylic oxidation sites excluding steroid dienone is 1. The molecule has 0 atom stereocenters. The van der Waals surface area contributed by atoms with Crippen LogP contribution in [0.3, 0.4) is 0 Å². The minimum absolute atomic E-state index is 0.133. The number of carbonyl (C=O) groups is 2. The number of urea groups is 1. The maximum Gasteiger partial charge on any atom is 0.326 e. The Hall–Kier alpha value is -3.10. The molecular formula is C25H31N5O3. The van der Waals surface area contributed by atoms with Crippen molar-refractivity contribution in [3.63, 3.8) is 0 Å². The van der Waals surface area contributed by atoms with Gasteiger partial charge in [0.1, 0.15) is 0 Å². The molecule has 0 aliphatic carbocycles. The summed E-state index contributed by atoms with van der Waals surface area (Å²) in [5, 5.41) is 6.05. The molecule has 2 saturated heterocycles. The van der Waals surface area contributed by atoms with Crippen LogP contribution in [0.15, 0.2) is 60.1 Å². The number of carbonyl (C=O) groups excluding carboxylic acids is 2. The van der Waals surface area contributed by atoms with Crippen LogP contribution < -0.4 is 10.6 Å². The Labute approximate surface area is 194 Å². The number of hydrogen-bond donors (Lipinski definition) is 2. The fourth-order valence-corrected chi connectivity index (χ4v) is 4.81. The number of fused-ring (bicyclic) bond motifs is 1. The number of anilines is 1. The van der Waals surface area contributed by atoms with E-state index in [-0.39, 0.29) is 11.9 Å². The van der Waals surface area contributed by atoms with Gasteiger partial charge in [0.2, 0.25) is 5.91 Å². The lowest BCUT2D eigenvalue weighted by molar-refractivity contribution is -0.134. The monoisotopic (exact) mass is 449 g/mol. The van der Waals surface area contributed by atoms with Crippen molar-refractivity contribution in [2.45, 2.75) is 18.8 Å². The third-order valence-corrected chi connectivity index (χ3v) is 6.83. The summed E-state index contributed by atoms with van der Waals surface area (Å²) in [4.78, 5) is 31.1. The molecule has 4 aliphatic heterocycles. The molecule has 5 rings (SSSR count). The third-order valence-electron chi connectivity index (χ3n) is 6.83. The van der Waals surface area contributed by atoms with Crippen LogP contribution in [0.5, 0.6) is 0 Å². The number of ether oxygens (including phenoxy) is 1. The van der Waals surface area contributed by atoms with E-state index in [0.29, 0.717) is 32.2 Å². The quantitative estimate of drug-likeness (QED) is 0.739. The first kappa shape index (κ1) is 21.7. The van der Waals surface area contributed by atoms with Crippen molar-refractivity contribution in [2.24, 2.45) is 0 Å². The van der Waals surface area contributed by atoms with E-state index in [9.17, 15) is 9.59 Å². The van der Waals surface area contributed by atoms with Gasteiger partial charge in [-0.15, -0.1) is 0 Å². The summed E-state index contributed by atoms with van der Waals surface area (Å²) in [6.07, 6.45) is 9.58. The Balaban J connectivity index is 1.10. The lowest BCUT2D eigenvalue weighted by Crippen LogP contribution is -2.46. The van der Waals surface area contributed by atoms with Gasteiger partial charge in [-0.25, -0.2) is 4.79 Å². The smallest absolute Gasteiger partial charge is 0.326 e. The van der Waals surface area contributed by atoms with Gasteiger partial charge < -0.3 is 20.3 Å². The second kappa shape index (κ2) is 9.80. The van der Waals surface area contributed by atoms with E-state index in [0.717, 1.165) is 55.9 Å². The van der Waals surface area contributed by atoms with Gasteiger partial charge in [-0.05, 0) is 53.7 Å². The maximum absolute atomic E-state index is 12.6. The Morgan fingerprint density at radius 1 is 1.06 bits per heavy atom. The maximum atomic E-state index is 12.6.